The van der Waals surface area contributed by atoms with E-state index in [2.05, 4.69) is 32.7 Å². The first-order chi connectivity index (χ1) is 15.3. The zero-order valence-corrected chi connectivity index (χ0v) is 16.9. The van der Waals surface area contributed by atoms with Crippen LogP contribution in [0.25, 0.3) is 10.8 Å². The van der Waals surface area contributed by atoms with Crippen LogP contribution in [-0.4, -0.2) is 22.5 Å². The average molecular weight is 414 g/mol. The molecule has 0 fully saturated rings. The summed E-state index contributed by atoms with van der Waals surface area (Å²) in [6, 6.07) is 15.6. The van der Waals surface area contributed by atoms with Crippen molar-refractivity contribution in [3.8, 4) is 0 Å². The minimum atomic E-state index is -0.282. The molecule has 0 unspecified atom stereocenters. The molecule has 0 atom stereocenters. The predicted octanol–water partition coefficient (Wildman–Crippen LogP) is 4.55. The third-order valence-electron chi connectivity index (χ3n) is 5.34. The Balaban J connectivity index is 1.44. The summed E-state index contributed by atoms with van der Waals surface area (Å²) in [5.74, 6) is 0.706. The molecule has 156 valence electrons. The largest absolute Gasteiger partial charge is 0.471 e. The molecule has 2 aromatic heterocycles. The van der Waals surface area contributed by atoms with Crippen LogP contribution in [0, 0.1) is 0 Å². The number of carbonyl (C=O) groups excluding carboxylic acids is 1. The lowest BCUT2D eigenvalue weighted by atomic mass is 10.1. The molecule has 1 amide bonds. The first-order valence-electron chi connectivity index (χ1n) is 10.3. The predicted molar refractivity (Wildman–Crippen MR) is 118 cm³/mol. The van der Waals surface area contributed by atoms with Gasteiger partial charge in [0.2, 0.25) is 5.95 Å². The van der Waals surface area contributed by atoms with Gasteiger partial charge < -0.3 is 14.5 Å². The van der Waals surface area contributed by atoms with E-state index in [1.807, 2.05) is 30.3 Å². The normalized spacial score (nSPS) is 13.4. The molecule has 4 aromatic rings. The van der Waals surface area contributed by atoms with Crippen molar-refractivity contribution in [2.75, 3.05) is 17.2 Å². The quantitative estimate of drug-likeness (QED) is 0.498. The van der Waals surface area contributed by atoms with E-state index in [0.29, 0.717) is 25.3 Å². The van der Waals surface area contributed by atoms with E-state index >= 15 is 0 Å². The monoisotopic (exact) mass is 414 g/mol. The first kappa shape index (κ1) is 19.3. The number of fused-ring (bicyclic) bond motifs is 2. The van der Waals surface area contributed by atoms with Gasteiger partial charge in [0, 0.05) is 29.5 Å². The van der Waals surface area contributed by atoms with Gasteiger partial charge in [-0.3, -0.25) is 10.1 Å². The third kappa shape index (κ3) is 4.13. The number of anilines is 2. The number of amides is 1. The van der Waals surface area contributed by atoms with Crippen molar-refractivity contribution < 1.29 is 13.9 Å². The lowest BCUT2D eigenvalue weighted by Gasteiger charge is -2.15. The summed E-state index contributed by atoms with van der Waals surface area (Å²) >= 11 is 0. The van der Waals surface area contributed by atoms with E-state index in [1.54, 1.807) is 18.6 Å². The minimum Gasteiger partial charge on any atom is -0.471 e. The number of furan rings is 1. The SMILES string of the molecule is O=C(Nc1nc2c(c(NCc3ccccc3)n1)CCCOC2)c1cccc2cocc12. The van der Waals surface area contributed by atoms with Crippen molar-refractivity contribution >= 4 is 28.4 Å². The lowest BCUT2D eigenvalue weighted by molar-refractivity contribution is 0.102. The molecule has 7 heteroatoms. The Morgan fingerprint density at radius 2 is 1.94 bits per heavy atom. The zero-order chi connectivity index (χ0) is 21.0. The molecular weight excluding hydrogens is 392 g/mol. The minimum absolute atomic E-state index is 0.255. The number of hydrogen-bond donors (Lipinski definition) is 2. The first-order valence-corrected chi connectivity index (χ1v) is 10.3. The highest BCUT2D eigenvalue weighted by Gasteiger charge is 2.19. The summed E-state index contributed by atoms with van der Waals surface area (Å²) in [6.45, 7) is 1.71. The van der Waals surface area contributed by atoms with Crippen LogP contribution in [0.5, 0.6) is 0 Å². The van der Waals surface area contributed by atoms with Crippen LogP contribution in [0.15, 0.2) is 65.5 Å². The molecule has 0 saturated heterocycles. The van der Waals surface area contributed by atoms with E-state index in [-0.39, 0.29) is 11.9 Å². The molecule has 0 aliphatic carbocycles. The smallest absolute Gasteiger partial charge is 0.258 e. The molecule has 1 aliphatic rings. The van der Waals surface area contributed by atoms with Crippen LogP contribution >= 0.6 is 0 Å². The second-order valence-electron chi connectivity index (χ2n) is 7.45. The molecule has 2 aromatic carbocycles. The summed E-state index contributed by atoms with van der Waals surface area (Å²) in [5, 5.41) is 7.89. The van der Waals surface area contributed by atoms with Crippen molar-refractivity contribution in [1.82, 2.24) is 9.97 Å². The highest BCUT2D eigenvalue weighted by Crippen LogP contribution is 2.25. The highest BCUT2D eigenvalue weighted by atomic mass is 16.5. The van der Waals surface area contributed by atoms with Crippen LogP contribution < -0.4 is 10.6 Å². The van der Waals surface area contributed by atoms with Crippen molar-refractivity contribution in [3.05, 3.63) is 83.4 Å². The van der Waals surface area contributed by atoms with Crippen LogP contribution in [-0.2, 0) is 24.3 Å². The van der Waals surface area contributed by atoms with Crippen LogP contribution in [0.1, 0.15) is 33.6 Å². The Morgan fingerprint density at radius 3 is 2.84 bits per heavy atom. The van der Waals surface area contributed by atoms with Gasteiger partial charge in [-0.25, -0.2) is 4.98 Å². The summed E-state index contributed by atoms with van der Waals surface area (Å²) < 4.78 is 10.9. The molecule has 2 N–H and O–H groups in total. The summed E-state index contributed by atoms with van der Waals surface area (Å²) in [5.41, 5.74) is 3.51. The molecule has 0 spiro atoms. The molecule has 0 radical (unpaired) electrons. The maximum Gasteiger partial charge on any atom is 0.258 e. The number of aromatic nitrogens is 2. The van der Waals surface area contributed by atoms with Crippen LogP contribution in [0.4, 0.5) is 11.8 Å². The molecule has 0 saturated carbocycles. The summed E-state index contributed by atoms with van der Waals surface area (Å²) in [4.78, 5) is 22.2. The van der Waals surface area contributed by atoms with E-state index in [9.17, 15) is 4.79 Å². The van der Waals surface area contributed by atoms with Gasteiger partial charge in [-0.15, -0.1) is 0 Å². The van der Waals surface area contributed by atoms with Crippen molar-refractivity contribution in [2.45, 2.75) is 26.0 Å². The van der Waals surface area contributed by atoms with Crippen molar-refractivity contribution in [1.29, 1.82) is 0 Å². The fraction of sp³-hybridized carbons (Fsp3) is 0.208. The van der Waals surface area contributed by atoms with E-state index in [4.69, 9.17) is 9.15 Å². The van der Waals surface area contributed by atoms with Gasteiger partial charge in [-0.05, 0) is 24.5 Å². The Labute approximate surface area is 179 Å². The number of hydrogen-bond acceptors (Lipinski definition) is 6. The highest BCUT2D eigenvalue weighted by molar-refractivity contribution is 6.12. The Bertz CT molecular complexity index is 1220. The molecule has 5 rings (SSSR count). The van der Waals surface area contributed by atoms with Gasteiger partial charge in [-0.1, -0.05) is 42.5 Å². The van der Waals surface area contributed by atoms with Crippen molar-refractivity contribution in [3.63, 3.8) is 0 Å². The number of nitrogens with one attached hydrogen (secondary N) is 2. The molecule has 7 nitrogen and oxygen atoms in total. The number of carbonyl (C=O) groups is 1. The maximum atomic E-state index is 13.0. The Hall–Kier alpha value is -3.71. The number of nitrogens with zero attached hydrogens (tertiary/aromatic N) is 2. The Kier molecular flexibility index (Phi) is 5.33. The molecule has 31 heavy (non-hydrogen) atoms. The van der Waals surface area contributed by atoms with Gasteiger partial charge in [0.15, 0.2) is 0 Å². The van der Waals surface area contributed by atoms with Gasteiger partial charge in [0.1, 0.15) is 5.82 Å². The van der Waals surface area contributed by atoms with E-state index in [0.717, 1.165) is 46.3 Å². The summed E-state index contributed by atoms with van der Waals surface area (Å²) in [6.07, 6.45) is 4.93. The van der Waals surface area contributed by atoms with Crippen LogP contribution in [0.3, 0.4) is 0 Å². The molecular formula is C24H22N4O3. The van der Waals surface area contributed by atoms with Gasteiger partial charge >= 0.3 is 0 Å². The topological polar surface area (TPSA) is 89.3 Å². The molecule has 0 bridgehead atoms. The van der Waals surface area contributed by atoms with Gasteiger partial charge in [-0.2, -0.15) is 4.98 Å². The standard InChI is InChI=1S/C24H22N4O3/c29-23(18-9-4-8-17-13-31-14-20(17)18)28-24-26-21-15-30-11-5-10-19(21)22(27-24)25-12-16-6-2-1-3-7-16/h1-4,6-9,13-14H,5,10-12,15H2,(H2,25,26,27,28,29). The van der Waals surface area contributed by atoms with E-state index < -0.39 is 0 Å². The summed E-state index contributed by atoms with van der Waals surface area (Å²) in [7, 11) is 0. The second-order valence-corrected chi connectivity index (χ2v) is 7.45. The molecule has 1 aliphatic heterocycles. The lowest BCUT2D eigenvalue weighted by Crippen LogP contribution is -2.17. The Morgan fingerprint density at radius 1 is 1.03 bits per heavy atom. The fourth-order valence-corrected chi connectivity index (χ4v) is 3.78. The van der Waals surface area contributed by atoms with E-state index in [1.165, 1.54) is 0 Å². The molecule has 3 heterocycles. The number of rotatable bonds is 5. The van der Waals surface area contributed by atoms with Crippen molar-refractivity contribution in [2.24, 2.45) is 0 Å². The maximum absolute atomic E-state index is 13.0. The van der Waals surface area contributed by atoms with Crippen LogP contribution in [0.2, 0.25) is 0 Å². The van der Waals surface area contributed by atoms with Gasteiger partial charge in [0.05, 0.1) is 30.4 Å². The number of benzene rings is 2. The zero-order valence-electron chi connectivity index (χ0n) is 16.9. The fourth-order valence-electron chi connectivity index (χ4n) is 3.78. The second kappa shape index (κ2) is 8.57. The number of ether oxygens (including phenoxy) is 1. The van der Waals surface area contributed by atoms with Gasteiger partial charge in [0.25, 0.3) is 5.91 Å². The average Bonchev–Trinajstić information content (AvgIpc) is 3.16. The third-order valence-corrected chi connectivity index (χ3v) is 5.34.